The highest BCUT2D eigenvalue weighted by molar-refractivity contribution is 5.59. The average Bonchev–Trinajstić information content (AvgIpc) is 2.41. The molecule has 0 amide bonds. The number of aromatic nitrogens is 2. The van der Waals surface area contributed by atoms with Crippen LogP contribution < -0.4 is 10.6 Å². The van der Waals surface area contributed by atoms with E-state index >= 15 is 0 Å². The van der Waals surface area contributed by atoms with Crippen molar-refractivity contribution in [2.45, 2.75) is 13.5 Å². The van der Waals surface area contributed by atoms with Gasteiger partial charge in [0.25, 0.3) is 0 Å². The molecular formula is C13H15FN4. The lowest BCUT2D eigenvalue weighted by atomic mass is 10.2. The van der Waals surface area contributed by atoms with E-state index in [0.717, 1.165) is 11.5 Å². The molecule has 0 unspecified atom stereocenters. The van der Waals surface area contributed by atoms with Gasteiger partial charge in [-0.2, -0.15) is 0 Å². The van der Waals surface area contributed by atoms with Crippen LogP contribution >= 0.6 is 0 Å². The summed E-state index contributed by atoms with van der Waals surface area (Å²) in [6.07, 6.45) is 1.66. The smallest absolute Gasteiger partial charge is 0.144 e. The van der Waals surface area contributed by atoms with Crippen molar-refractivity contribution in [1.29, 1.82) is 0 Å². The largest absolute Gasteiger partial charge is 0.329 e. The van der Waals surface area contributed by atoms with E-state index in [0.29, 0.717) is 17.9 Å². The maximum Gasteiger partial charge on any atom is 0.144 e. The van der Waals surface area contributed by atoms with Crippen LogP contribution in [0.25, 0.3) is 0 Å². The summed E-state index contributed by atoms with van der Waals surface area (Å²) in [5, 5.41) is 0. The van der Waals surface area contributed by atoms with E-state index in [1.807, 2.05) is 11.9 Å². The lowest BCUT2D eigenvalue weighted by Gasteiger charge is -2.19. The van der Waals surface area contributed by atoms with Crippen molar-refractivity contribution >= 4 is 11.5 Å². The van der Waals surface area contributed by atoms with E-state index in [1.165, 1.54) is 6.07 Å². The van der Waals surface area contributed by atoms with Crippen molar-refractivity contribution in [3.05, 3.63) is 47.7 Å². The fourth-order valence-electron chi connectivity index (χ4n) is 1.64. The van der Waals surface area contributed by atoms with Crippen molar-refractivity contribution in [3.63, 3.8) is 0 Å². The van der Waals surface area contributed by atoms with Crippen LogP contribution in [0.5, 0.6) is 0 Å². The molecule has 0 atom stereocenters. The predicted molar refractivity (Wildman–Crippen MR) is 69.1 cm³/mol. The molecule has 0 bridgehead atoms. The number of nitrogens with zero attached hydrogens (tertiary/aromatic N) is 3. The second kappa shape index (κ2) is 5.10. The van der Waals surface area contributed by atoms with Gasteiger partial charge in [0.15, 0.2) is 0 Å². The third-order valence-corrected chi connectivity index (χ3v) is 2.75. The minimum Gasteiger partial charge on any atom is -0.329 e. The van der Waals surface area contributed by atoms with Crippen LogP contribution in [0.15, 0.2) is 30.5 Å². The number of halogens is 1. The van der Waals surface area contributed by atoms with Crippen LogP contribution in [-0.2, 0) is 6.54 Å². The van der Waals surface area contributed by atoms with E-state index in [4.69, 9.17) is 5.73 Å². The first kappa shape index (κ1) is 12.4. The van der Waals surface area contributed by atoms with Crippen LogP contribution in [0, 0.1) is 12.7 Å². The van der Waals surface area contributed by atoms with Crippen LogP contribution in [0.3, 0.4) is 0 Å². The molecule has 0 saturated heterocycles. The van der Waals surface area contributed by atoms with E-state index in [-0.39, 0.29) is 5.82 Å². The lowest BCUT2D eigenvalue weighted by Crippen LogP contribution is -2.14. The normalized spacial score (nSPS) is 10.4. The zero-order valence-electron chi connectivity index (χ0n) is 10.4. The summed E-state index contributed by atoms with van der Waals surface area (Å²) in [6.45, 7) is 2.03. The molecule has 2 aromatic rings. The Labute approximate surface area is 105 Å². The van der Waals surface area contributed by atoms with Crippen molar-refractivity contribution in [3.8, 4) is 0 Å². The van der Waals surface area contributed by atoms with Crippen LogP contribution in [0.2, 0.25) is 0 Å². The minimum absolute atomic E-state index is 0.211. The highest BCUT2D eigenvalue weighted by Crippen LogP contribution is 2.23. The lowest BCUT2D eigenvalue weighted by molar-refractivity contribution is 0.618. The van der Waals surface area contributed by atoms with Crippen LogP contribution in [-0.4, -0.2) is 17.0 Å². The molecule has 0 aliphatic rings. The quantitative estimate of drug-likeness (QED) is 0.901. The van der Waals surface area contributed by atoms with E-state index in [1.54, 1.807) is 31.3 Å². The second-order valence-corrected chi connectivity index (χ2v) is 4.03. The zero-order chi connectivity index (χ0) is 13.1. The van der Waals surface area contributed by atoms with E-state index < -0.39 is 0 Å². The molecule has 0 saturated carbocycles. The van der Waals surface area contributed by atoms with Gasteiger partial charge >= 0.3 is 0 Å². The Hall–Kier alpha value is -2.01. The summed E-state index contributed by atoms with van der Waals surface area (Å²) in [6, 6.07) is 6.73. The summed E-state index contributed by atoms with van der Waals surface area (Å²) < 4.78 is 13.2. The molecule has 1 heterocycles. The molecule has 1 aromatic carbocycles. The van der Waals surface area contributed by atoms with Crippen molar-refractivity contribution in [1.82, 2.24) is 9.97 Å². The number of aryl methyl sites for hydroxylation is 1. The maximum atomic E-state index is 13.2. The SMILES string of the molecule is Cc1cc(N(C)c2ccnc(CN)n2)ccc1F. The molecule has 2 N–H and O–H groups in total. The number of anilines is 2. The van der Waals surface area contributed by atoms with Gasteiger partial charge in [0, 0.05) is 18.9 Å². The summed E-state index contributed by atoms with van der Waals surface area (Å²) >= 11 is 0. The molecule has 0 spiro atoms. The van der Waals surface area contributed by atoms with Gasteiger partial charge in [0.2, 0.25) is 0 Å². The molecule has 5 heteroatoms. The van der Waals surface area contributed by atoms with Gasteiger partial charge in [-0.15, -0.1) is 0 Å². The predicted octanol–water partition coefficient (Wildman–Crippen LogP) is 2.15. The minimum atomic E-state index is -0.211. The number of benzene rings is 1. The summed E-state index contributed by atoms with van der Waals surface area (Å²) in [5.74, 6) is 1.10. The third kappa shape index (κ3) is 2.46. The Morgan fingerprint density at radius 2 is 2.11 bits per heavy atom. The van der Waals surface area contributed by atoms with Gasteiger partial charge in [-0.3, -0.25) is 0 Å². The van der Waals surface area contributed by atoms with E-state index in [9.17, 15) is 4.39 Å². The van der Waals surface area contributed by atoms with Crippen molar-refractivity contribution in [2.75, 3.05) is 11.9 Å². The molecule has 2 rings (SSSR count). The van der Waals surface area contributed by atoms with Gasteiger partial charge in [0.05, 0.1) is 6.54 Å². The van der Waals surface area contributed by atoms with Gasteiger partial charge < -0.3 is 10.6 Å². The molecule has 1 aromatic heterocycles. The fourth-order valence-corrected chi connectivity index (χ4v) is 1.64. The molecule has 0 radical (unpaired) electrons. The average molecular weight is 246 g/mol. The highest BCUT2D eigenvalue weighted by Gasteiger charge is 2.08. The summed E-state index contributed by atoms with van der Waals surface area (Å²) in [5.41, 5.74) is 6.98. The fraction of sp³-hybridized carbons (Fsp3) is 0.231. The molecule has 18 heavy (non-hydrogen) atoms. The van der Waals surface area contributed by atoms with Crippen molar-refractivity contribution in [2.24, 2.45) is 5.73 Å². The Morgan fingerprint density at radius 1 is 1.33 bits per heavy atom. The van der Waals surface area contributed by atoms with Gasteiger partial charge in [-0.05, 0) is 36.8 Å². The second-order valence-electron chi connectivity index (χ2n) is 4.03. The molecular weight excluding hydrogens is 231 g/mol. The molecule has 4 nitrogen and oxygen atoms in total. The molecule has 0 aliphatic carbocycles. The first-order valence-corrected chi connectivity index (χ1v) is 5.63. The first-order chi connectivity index (χ1) is 8.61. The maximum absolute atomic E-state index is 13.2. The topological polar surface area (TPSA) is 55.0 Å². The molecule has 0 aliphatic heterocycles. The van der Waals surface area contributed by atoms with Crippen LogP contribution in [0.4, 0.5) is 15.9 Å². The zero-order valence-corrected chi connectivity index (χ0v) is 10.4. The summed E-state index contributed by atoms with van der Waals surface area (Å²) in [4.78, 5) is 10.2. The highest BCUT2D eigenvalue weighted by atomic mass is 19.1. The van der Waals surface area contributed by atoms with Gasteiger partial charge in [0.1, 0.15) is 17.5 Å². The monoisotopic (exact) mass is 246 g/mol. The Morgan fingerprint density at radius 3 is 2.78 bits per heavy atom. The number of hydrogen-bond donors (Lipinski definition) is 1. The van der Waals surface area contributed by atoms with Crippen LogP contribution in [0.1, 0.15) is 11.4 Å². The first-order valence-electron chi connectivity index (χ1n) is 5.63. The number of nitrogens with two attached hydrogens (primary N) is 1. The van der Waals surface area contributed by atoms with Gasteiger partial charge in [-0.25, -0.2) is 14.4 Å². The number of hydrogen-bond acceptors (Lipinski definition) is 4. The van der Waals surface area contributed by atoms with Crippen molar-refractivity contribution < 1.29 is 4.39 Å². The summed E-state index contributed by atoms with van der Waals surface area (Å²) in [7, 11) is 1.87. The third-order valence-electron chi connectivity index (χ3n) is 2.75. The Bertz CT molecular complexity index is 556. The van der Waals surface area contributed by atoms with Gasteiger partial charge in [-0.1, -0.05) is 0 Å². The Kier molecular flexibility index (Phi) is 3.53. The number of rotatable bonds is 3. The van der Waals surface area contributed by atoms with E-state index in [2.05, 4.69) is 9.97 Å². The molecule has 0 fully saturated rings. The Balaban J connectivity index is 2.34. The molecule has 94 valence electrons. The standard InChI is InChI=1S/C13H15FN4/c1-9-7-10(3-4-11(9)14)18(2)13-5-6-16-12(8-15)17-13/h3-7H,8,15H2,1-2H3.